The molecular formula is C16H17NO2S. The van der Waals surface area contributed by atoms with Gasteiger partial charge in [-0.05, 0) is 43.3 Å². The maximum Gasteiger partial charge on any atom is 0.122 e. The van der Waals surface area contributed by atoms with Crippen molar-refractivity contribution in [2.24, 2.45) is 5.73 Å². The summed E-state index contributed by atoms with van der Waals surface area (Å²) in [6.07, 6.45) is 0. The van der Waals surface area contributed by atoms with Crippen molar-refractivity contribution in [3.8, 4) is 23.3 Å². The van der Waals surface area contributed by atoms with E-state index in [0.717, 1.165) is 21.3 Å². The van der Waals surface area contributed by atoms with Gasteiger partial charge >= 0.3 is 0 Å². The molecule has 0 spiro atoms. The first-order chi connectivity index (χ1) is 9.81. The van der Waals surface area contributed by atoms with Crippen LogP contribution < -0.4 is 15.2 Å². The van der Waals surface area contributed by atoms with Crippen molar-refractivity contribution in [2.75, 3.05) is 13.2 Å². The molecular weight excluding hydrogens is 270 g/mol. The van der Waals surface area contributed by atoms with Crippen LogP contribution in [0.3, 0.4) is 0 Å². The van der Waals surface area contributed by atoms with Crippen LogP contribution in [0.1, 0.15) is 16.7 Å². The third-order valence-corrected chi connectivity index (χ3v) is 3.47. The van der Waals surface area contributed by atoms with Crippen LogP contribution in [-0.2, 0) is 6.61 Å². The predicted molar refractivity (Wildman–Crippen MR) is 82.2 cm³/mol. The molecule has 4 heteroatoms. The zero-order chi connectivity index (χ0) is 14.2. The van der Waals surface area contributed by atoms with Gasteiger partial charge in [-0.1, -0.05) is 11.8 Å². The number of rotatable bonds is 5. The molecule has 1 heterocycles. The molecule has 0 atom stereocenters. The van der Waals surface area contributed by atoms with Crippen molar-refractivity contribution in [3.63, 3.8) is 0 Å². The summed E-state index contributed by atoms with van der Waals surface area (Å²) in [5, 5.41) is 0. The molecule has 0 aliphatic rings. The van der Waals surface area contributed by atoms with E-state index in [1.165, 1.54) is 0 Å². The summed E-state index contributed by atoms with van der Waals surface area (Å²) < 4.78 is 11.1. The lowest BCUT2D eigenvalue weighted by Crippen LogP contribution is -1.94. The summed E-state index contributed by atoms with van der Waals surface area (Å²) in [4.78, 5) is 2.15. The molecule has 20 heavy (non-hydrogen) atoms. The number of thiophene rings is 1. The van der Waals surface area contributed by atoms with Crippen molar-refractivity contribution in [3.05, 3.63) is 46.2 Å². The lowest BCUT2D eigenvalue weighted by atomic mass is 10.3. The Bertz CT molecular complexity index is 593. The van der Waals surface area contributed by atoms with Crippen molar-refractivity contribution in [2.45, 2.75) is 13.5 Å². The minimum Gasteiger partial charge on any atom is -0.494 e. The van der Waals surface area contributed by atoms with E-state index >= 15 is 0 Å². The van der Waals surface area contributed by atoms with Crippen LogP contribution in [0, 0.1) is 11.8 Å². The van der Waals surface area contributed by atoms with Crippen molar-refractivity contribution in [1.29, 1.82) is 0 Å². The van der Waals surface area contributed by atoms with Crippen LogP contribution in [0.25, 0.3) is 0 Å². The summed E-state index contributed by atoms with van der Waals surface area (Å²) in [5.41, 5.74) is 5.35. The maximum atomic E-state index is 5.72. The van der Waals surface area contributed by atoms with Gasteiger partial charge < -0.3 is 15.2 Å². The highest BCUT2D eigenvalue weighted by atomic mass is 32.1. The average molecular weight is 287 g/mol. The van der Waals surface area contributed by atoms with Gasteiger partial charge in [0.1, 0.15) is 18.1 Å². The van der Waals surface area contributed by atoms with E-state index in [4.69, 9.17) is 15.2 Å². The minimum atomic E-state index is 0.385. The number of nitrogens with two attached hydrogens (primary N) is 1. The zero-order valence-electron chi connectivity index (χ0n) is 11.4. The summed E-state index contributed by atoms with van der Waals surface area (Å²) >= 11 is 1.62. The molecule has 2 N–H and O–H groups in total. The summed E-state index contributed by atoms with van der Waals surface area (Å²) in [6, 6.07) is 11.7. The van der Waals surface area contributed by atoms with Gasteiger partial charge in [0.25, 0.3) is 0 Å². The normalized spacial score (nSPS) is 9.70. The fourth-order valence-electron chi connectivity index (χ4n) is 1.61. The Kier molecular flexibility index (Phi) is 5.48. The molecule has 0 aliphatic heterocycles. The lowest BCUT2D eigenvalue weighted by molar-refractivity contribution is 0.307. The van der Waals surface area contributed by atoms with Crippen LogP contribution >= 0.6 is 11.3 Å². The highest BCUT2D eigenvalue weighted by Gasteiger charge is 2.00. The Hall–Kier alpha value is -1.96. The fraction of sp³-hybridized carbons (Fsp3) is 0.250. The molecule has 0 aliphatic carbocycles. The Morgan fingerprint density at radius 2 is 1.75 bits per heavy atom. The molecule has 0 saturated heterocycles. The van der Waals surface area contributed by atoms with Gasteiger partial charge in [0.05, 0.1) is 18.0 Å². The van der Waals surface area contributed by atoms with Gasteiger partial charge in [-0.15, -0.1) is 11.3 Å². The van der Waals surface area contributed by atoms with Gasteiger partial charge in [0, 0.05) is 4.88 Å². The minimum absolute atomic E-state index is 0.385. The summed E-state index contributed by atoms with van der Waals surface area (Å²) in [7, 11) is 0. The fourth-order valence-corrected chi connectivity index (χ4v) is 2.41. The van der Waals surface area contributed by atoms with Crippen LogP contribution in [-0.4, -0.2) is 13.2 Å². The molecule has 0 bridgehead atoms. The van der Waals surface area contributed by atoms with Gasteiger partial charge in [-0.25, -0.2) is 0 Å². The van der Waals surface area contributed by atoms with E-state index in [0.29, 0.717) is 19.8 Å². The second-order valence-electron chi connectivity index (χ2n) is 3.96. The number of ether oxygens (including phenoxy) is 2. The molecule has 1 aromatic heterocycles. The second kappa shape index (κ2) is 7.59. The Balaban J connectivity index is 1.89. The number of hydrogen-bond acceptors (Lipinski definition) is 4. The maximum absolute atomic E-state index is 5.72. The Labute approximate surface area is 123 Å². The van der Waals surface area contributed by atoms with Crippen LogP contribution in [0.2, 0.25) is 0 Å². The molecule has 0 saturated carbocycles. The Morgan fingerprint density at radius 1 is 1.05 bits per heavy atom. The predicted octanol–water partition coefficient (Wildman–Crippen LogP) is 3.04. The SMILES string of the molecule is CCOc1ccc(OCc2ccc(C#CCN)s2)cc1. The first-order valence-electron chi connectivity index (χ1n) is 6.45. The third kappa shape index (κ3) is 4.30. The van der Waals surface area contributed by atoms with Crippen LogP contribution in [0.5, 0.6) is 11.5 Å². The first kappa shape index (κ1) is 14.4. The number of hydrogen-bond donors (Lipinski definition) is 1. The van der Waals surface area contributed by atoms with E-state index in [9.17, 15) is 0 Å². The summed E-state index contributed by atoms with van der Waals surface area (Å²) in [5.74, 6) is 7.55. The van der Waals surface area contributed by atoms with E-state index in [1.54, 1.807) is 11.3 Å². The smallest absolute Gasteiger partial charge is 0.122 e. The molecule has 0 amide bonds. The molecule has 1 aromatic carbocycles. The first-order valence-corrected chi connectivity index (χ1v) is 7.26. The zero-order valence-corrected chi connectivity index (χ0v) is 12.2. The van der Waals surface area contributed by atoms with Crippen LogP contribution in [0.15, 0.2) is 36.4 Å². The summed E-state index contributed by atoms with van der Waals surface area (Å²) in [6.45, 7) is 3.56. The molecule has 0 unspecified atom stereocenters. The highest BCUT2D eigenvalue weighted by molar-refractivity contribution is 7.12. The third-order valence-electron chi connectivity index (χ3n) is 2.49. The van der Waals surface area contributed by atoms with Gasteiger partial charge in [-0.2, -0.15) is 0 Å². The topological polar surface area (TPSA) is 44.5 Å². The average Bonchev–Trinajstić information content (AvgIpc) is 2.93. The van der Waals surface area contributed by atoms with Crippen molar-refractivity contribution < 1.29 is 9.47 Å². The van der Waals surface area contributed by atoms with E-state index < -0.39 is 0 Å². The molecule has 104 valence electrons. The number of benzene rings is 1. The van der Waals surface area contributed by atoms with E-state index in [2.05, 4.69) is 11.8 Å². The molecule has 0 radical (unpaired) electrons. The quantitative estimate of drug-likeness (QED) is 0.860. The highest BCUT2D eigenvalue weighted by Crippen LogP contribution is 2.21. The molecule has 2 aromatic rings. The molecule has 0 fully saturated rings. The van der Waals surface area contributed by atoms with Crippen molar-refractivity contribution >= 4 is 11.3 Å². The van der Waals surface area contributed by atoms with Gasteiger partial charge in [0.2, 0.25) is 0 Å². The molecule has 2 rings (SSSR count). The largest absolute Gasteiger partial charge is 0.494 e. The van der Waals surface area contributed by atoms with Crippen molar-refractivity contribution in [1.82, 2.24) is 0 Å². The van der Waals surface area contributed by atoms with E-state index in [1.807, 2.05) is 43.3 Å². The van der Waals surface area contributed by atoms with Gasteiger partial charge in [-0.3, -0.25) is 0 Å². The van der Waals surface area contributed by atoms with Gasteiger partial charge in [0.15, 0.2) is 0 Å². The molecule has 3 nitrogen and oxygen atoms in total. The second-order valence-corrected chi connectivity index (χ2v) is 5.13. The van der Waals surface area contributed by atoms with Crippen LogP contribution in [0.4, 0.5) is 0 Å². The Morgan fingerprint density at radius 3 is 2.40 bits per heavy atom. The monoisotopic (exact) mass is 287 g/mol. The lowest BCUT2D eigenvalue weighted by Gasteiger charge is -2.06. The van der Waals surface area contributed by atoms with E-state index in [-0.39, 0.29) is 0 Å². The standard InChI is InChI=1S/C16H17NO2S/c1-2-18-13-5-7-14(8-6-13)19-12-16-10-9-15(20-16)4-3-11-17/h5-10H,2,11-12,17H2,1H3.